The lowest BCUT2D eigenvalue weighted by molar-refractivity contribution is 0.0343. The van der Waals surface area contributed by atoms with Gasteiger partial charge in [-0.25, -0.2) is 4.39 Å². The summed E-state index contributed by atoms with van der Waals surface area (Å²) >= 11 is 3.57. The van der Waals surface area contributed by atoms with E-state index in [1.54, 1.807) is 0 Å². The van der Waals surface area contributed by atoms with Crippen molar-refractivity contribution in [3.05, 3.63) is 57.1 Å². The van der Waals surface area contributed by atoms with Crippen LogP contribution in [0, 0.1) is 5.41 Å². The fourth-order valence-electron chi connectivity index (χ4n) is 5.32. The van der Waals surface area contributed by atoms with Crippen molar-refractivity contribution in [2.24, 2.45) is 0 Å². The molecule has 2 atom stereocenters. The molecule has 0 bridgehead atoms. The van der Waals surface area contributed by atoms with Gasteiger partial charge in [0.1, 0.15) is 17.6 Å². The molecule has 2 heterocycles. The van der Waals surface area contributed by atoms with Gasteiger partial charge in [0.2, 0.25) is 0 Å². The van der Waals surface area contributed by atoms with Crippen LogP contribution in [-0.2, 0) is 11.2 Å². The van der Waals surface area contributed by atoms with Crippen molar-refractivity contribution in [2.45, 2.75) is 63.4 Å². The van der Waals surface area contributed by atoms with Crippen LogP contribution in [0.4, 0.5) is 10.1 Å². The monoisotopic (exact) mass is 529 g/mol. The first kappa shape index (κ1) is 23.8. The molecule has 1 saturated heterocycles. The summed E-state index contributed by atoms with van der Waals surface area (Å²) in [5.74, 6) is 0.817. The van der Waals surface area contributed by atoms with Gasteiger partial charge in [0.25, 0.3) is 0 Å². The van der Waals surface area contributed by atoms with Crippen molar-refractivity contribution in [1.29, 1.82) is 5.41 Å². The highest BCUT2D eigenvalue weighted by molar-refractivity contribution is 9.10. The number of ether oxygens (including phenoxy) is 2. The molecular weight excluding hydrogens is 497 g/mol. The summed E-state index contributed by atoms with van der Waals surface area (Å²) in [7, 11) is 0. The van der Waals surface area contributed by atoms with E-state index >= 15 is 0 Å². The highest BCUT2D eigenvalue weighted by Crippen LogP contribution is 2.47. The third-order valence-corrected chi connectivity index (χ3v) is 7.68. The molecule has 1 saturated carbocycles. The van der Waals surface area contributed by atoms with Crippen molar-refractivity contribution in [1.82, 2.24) is 4.90 Å². The van der Waals surface area contributed by atoms with Gasteiger partial charge in [-0.3, -0.25) is 4.90 Å². The van der Waals surface area contributed by atoms with Crippen molar-refractivity contribution in [3.63, 3.8) is 0 Å². The molecule has 2 unspecified atom stereocenters. The Morgan fingerprint density at radius 3 is 2.79 bits per heavy atom. The number of anilines is 1. The van der Waals surface area contributed by atoms with Gasteiger partial charge in [-0.1, -0.05) is 28.1 Å². The lowest BCUT2D eigenvalue weighted by Gasteiger charge is -2.40. The van der Waals surface area contributed by atoms with Crippen LogP contribution in [0.25, 0.3) is 0 Å². The van der Waals surface area contributed by atoms with Crippen LogP contribution < -0.4 is 10.1 Å². The van der Waals surface area contributed by atoms with Crippen LogP contribution in [0.5, 0.6) is 5.75 Å². The molecule has 0 spiro atoms. The summed E-state index contributed by atoms with van der Waals surface area (Å²) < 4.78 is 27.9. The normalized spacial score (nSPS) is 23.7. The third-order valence-electron chi connectivity index (χ3n) is 7.19. The van der Waals surface area contributed by atoms with Crippen LogP contribution in [0.1, 0.15) is 67.3 Å². The highest BCUT2D eigenvalue weighted by atomic mass is 79.9. The molecule has 2 aliphatic heterocycles. The highest BCUT2D eigenvalue weighted by Gasteiger charge is 2.47. The standard InChI is InChI=1S/C27H33BrFN3O2/c1-2-33-24-15-18(28)6-7-21(24)26-20-8-9-23(31-25-5-3-4-14-34-25)22(16-30)19(20)10-13-32(26)17-27(29)11-12-27/h6-9,15-16,25-26,30-31H,2-5,10-14,17H2,1H3. The molecule has 1 aliphatic carbocycles. The lowest BCUT2D eigenvalue weighted by Crippen LogP contribution is -2.41. The number of hydrogen-bond donors (Lipinski definition) is 2. The van der Waals surface area contributed by atoms with Gasteiger partial charge < -0.3 is 20.2 Å². The Morgan fingerprint density at radius 1 is 1.26 bits per heavy atom. The van der Waals surface area contributed by atoms with Gasteiger partial charge >= 0.3 is 0 Å². The van der Waals surface area contributed by atoms with Crippen LogP contribution >= 0.6 is 15.9 Å². The van der Waals surface area contributed by atoms with Crippen molar-refractivity contribution in [2.75, 3.05) is 31.6 Å². The predicted molar refractivity (Wildman–Crippen MR) is 137 cm³/mol. The van der Waals surface area contributed by atoms with E-state index in [4.69, 9.17) is 14.9 Å². The predicted octanol–water partition coefficient (Wildman–Crippen LogP) is 6.23. The zero-order valence-electron chi connectivity index (χ0n) is 19.7. The maximum Gasteiger partial charge on any atom is 0.127 e. The van der Waals surface area contributed by atoms with Gasteiger partial charge in [-0.05, 0) is 74.8 Å². The average Bonchev–Trinajstić information content (AvgIpc) is 3.57. The van der Waals surface area contributed by atoms with Crippen LogP contribution in [0.15, 0.2) is 34.8 Å². The van der Waals surface area contributed by atoms with E-state index in [0.717, 1.165) is 77.0 Å². The molecule has 2 aromatic carbocycles. The molecular formula is C27H33BrFN3O2. The van der Waals surface area contributed by atoms with Crippen molar-refractivity contribution >= 4 is 27.8 Å². The Labute approximate surface area is 209 Å². The Bertz CT molecular complexity index is 1050. The fourth-order valence-corrected chi connectivity index (χ4v) is 5.66. The SMILES string of the molecule is CCOc1cc(Br)ccc1C1c2ccc(NC3CCCCO3)c(C=N)c2CCN1CC1(F)CC1. The second-order valence-corrected chi connectivity index (χ2v) is 10.5. The van der Waals surface area contributed by atoms with Crippen LogP contribution in [-0.4, -0.2) is 49.3 Å². The van der Waals surface area contributed by atoms with Crippen LogP contribution in [0.3, 0.4) is 0 Å². The van der Waals surface area contributed by atoms with Gasteiger partial charge in [-0.2, -0.15) is 0 Å². The zero-order valence-corrected chi connectivity index (χ0v) is 21.3. The topological polar surface area (TPSA) is 57.6 Å². The molecule has 0 amide bonds. The number of halogens is 2. The van der Waals surface area contributed by atoms with E-state index in [0.29, 0.717) is 26.0 Å². The summed E-state index contributed by atoms with van der Waals surface area (Å²) in [6.45, 7) is 4.49. The quantitative estimate of drug-likeness (QED) is 0.397. The van der Waals surface area contributed by atoms with Gasteiger partial charge in [0.05, 0.1) is 12.6 Å². The Kier molecular flexibility index (Phi) is 6.96. The van der Waals surface area contributed by atoms with E-state index in [9.17, 15) is 4.39 Å². The van der Waals surface area contributed by atoms with Crippen molar-refractivity contribution < 1.29 is 13.9 Å². The number of nitrogens with zero attached hydrogens (tertiary/aromatic N) is 1. The molecule has 7 heteroatoms. The van der Waals surface area contributed by atoms with Gasteiger partial charge in [0.15, 0.2) is 0 Å². The number of fused-ring (bicyclic) bond motifs is 1. The molecule has 2 fully saturated rings. The smallest absolute Gasteiger partial charge is 0.127 e. The van der Waals surface area contributed by atoms with Gasteiger partial charge in [-0.15, -0.1) is 0 Å². The second-order valence-electron chi connectivity index (χ2n) is 9.63. The van der Waals surface area contributed by atoms with E-state index in [1.165, 1.54) is 6.21 Å². The minimum atomic E-state index is -1.08. The van der Waals surface area contributed by atoms with Crippen molar-refractivity contribution in [3.8, 4) is 5.75 Å². The first-order valence-electron chi connectivity index (χ1n) is 12.4. The molecule has 2 N–H and O–H groups in total. The maximum atomic E-state index is 15.0. The number of alkyl halides is 1. The average molecular weight is 530 g/mol. The Balaban J connectivity index is 1.56. The molecule has 0 aromatic heterocycles. The Morgan fingerprint density at radius 2 is 2.09 bits per heavy atom. The number of hydrogen-bond acceptors (Lipinski definition) is 5. The molecule has 5 rings (SSSR count). The summed E-state index contributed by atoms with van der Waals surface area (Å²) in [5.41, 5.74) is 4.10. The number of benzene rings is 2. The molecule has 34 heavy (non-hydrogen) atoms. The van der Waals surface area contributed by atoms with E-state index < -0.39 is 5.67 Å². The van der Waals surface area contributed by atoms with E-state index in [-0.39, 0.29) is 12.3 Å². The minimum absolute atomic E-state index is 0.0151. The second kappa shape index (κ2) is 9.96. The summed E-state index contributed by atoms with van der Waals surface area (Å²) in [6.07, 6.45) is 6.72. The number of rotatable bonds is 8. The summed E-state index contributed by atoms with van der Waals surface area (Å²) in [5, 5.41) is 11.8. The molecule has 5 nitrogen and oxygen atoms in total. The Hall–Kier alpha value is -1.96. The number of nitrogens with one attached hydrogen (secondary N) is 2. The minimum Gasteiger partial charge on any atom is -0.493 e. The fraction of sp³-hybridized carbons (Fsp3) is 0.519. The molecule has 182 valence electrons. The first-order chi connectivity index (χ1) is 16.5. The van der Waals surface area contributed by atoms with E-state index in [2.05, 4.69) is 44.3 Å². The largest absolute Gasteiger partial charge is 0.493 e. The van der Waals surface area contributed by atoms with Crippen LogP contribution in [0.2, 0.25) is 0 Å². The maximum absolute atomic E-state index is 15.0. The summed E-state index contributed by atoms with van der Waals surface area (Å²) in [4.78, 5) is 2.27. The first-order valence-corrected chi connectivity index (χ1v) is 13.2. The molecule has 3 aliphatic rings. The molecule has 0 radical (unpaired) electrons. The third kappa shape index (κ3) is 4.88. The summed E-state index contributed by atoms with van der Waals surface area (Å²) in [6, 6.07) is 10.2. The lowest BCUT2D eigenvalue weighted by atomic mass is 9.84. The zero-order chi connectivity index (χ0) is 23.7. The van der Waals surface area contributed by atoms with Gasteiger partial charge in [0, 0.05) is 47.2 Å². The molecule has 2 aromatic rings. The van der Waals surface area contributed by atoms with E-state index in [1.807, 2.05) is 19.1 Å².